The lowest BCUT2D eigenvalue weighted by atomic mass is 10.2. The SMILES string of the molecule is CCc1nc(Nc2cccc(F)c2)nc(Cl)c1C. The third-order valence-electron chi connectivity index (χ3n) is 2.60. The zero-order valence-corrected chi connectivity index (χ0v) is 10.9. The number of anilines is 2. The van der Waals surface area contributed by atoms with Gasteiger partial charge in [0.2, 0.25) is 5.95 Å². The predicted octanol–water partition coefficient (Wildman–Crippen LogP) is 3.88. The Bertz CT molecular complexity index is 572. The molecule has 0 aliphatic carbocycles. The smallest absolute Gasteiger partial charge is 0.228 e. The molecule has 94 valence electrons. The number of aryl methyl sites for hydroxylation is 1. The van der Waals surface area contributed by atoms with E-state index in [2.05, 4.69) is 15.3 Å². The minimum atomic E-state index is -0.311. The van der Waals surface area contributed by atoms with Crippen LogP contribution in [0.15, 0.2) is 24.3 Å². The average molecular weight is 266 g/mol. The zero-order valence-electron chi connectivity index (χ0n) is 10.2. The van der Waals surface area contributed by atoms with Crippen molar-refractivity contribution in [2.75, 3.05) is 5.32 Å². The van der Waals surface area contributed by atoms with Crippen LogP contribution in [0, 0.1) is 12.7 Å². The molecule has 1 aromatic heterocycles. The molecule has 0 spiro atoms. The lowest BCUT2D eigenvalue weighted by molar-refractivity contribution is 0.628. The number of rotatable bonds is 3. The Balaban J connectivity index is 2.32. The molecule has 0 atom stereocenters. The van der Waals surface area contributed by atoms with Crippen LogP contribution in [-0.2, 0) is 6.42 Å². The second-order valence-corrected chi connectivity index (χ2v) is 4.26. The topological polar surface area (TPSA) is 37.8 Å². The van der Waals surface area contributed by atoms with Crippen molar-refractivity contribution in [1.82, 2.24) is 9.97 Å². The van der Waals surface area contributed by atoms with Gasteiger partial charge in [-0.15, -0.1) is 0 Å². The highest BCUT2D eigenvalue weighted by molar-refractivity contribution is 6.30. The zero-order chi connectivity index (χ0) is 13.1. The minimum absolute atomic E-state index is 0.311. The lowest BCUT2D eigenvalue weighted by Crippen LogP contribution is -2.03. The molecule has 1 heterocycles. The molecule has 0 aliphatic rings. The van der Waals surface area contributed by atoms with Crippen molar-refractivity contribution in [1.29, 1.82) is 0 Å². The fourth-order valence-electron chi connectivity index (χ4n) is 1.63. The standard InChI is InChI=1S/C13H13ClFN3/c1-3-11-8(2)12(14)18-13(17-11)16-10-6-4-5-9(15)7-10/h4-7H,3H2,1-2H3,(H,16,17,18). The van der Waals surface area contributed by atoms with E-state index >= 15 is 0 Å². The fourth-order valence-corrected chi connectivity index (χ4v) is 1.82. The van der Waals surface area contributed by atoms with E-state index in [0.29, 0.717) is 16.8 Å². The molecule has 1 N–H and O–H groups in total. The van der Waals surface area contributed by atoms with Gasteiger partial charge in [0.05, 0.1) is 5.69 Å². The summed E-state index contributed by atoms with van der Waals surface area (Å²) >= 11 is 6.03. The largest absolute Gasteiger partial charge is 0.324 e. The number of hydrogen-bond acceptors (Lipinski definition) is 3. The Morgan fingerprint density at radius 3 is 2.78 bits per heavy atom. The Hall–Kier alpha value is -1.68. The third-order valence-corrected chi connectivity index (χ3v) is 2.97. The molecule has 0 saturated heterocycles. The van der Waals surface area contributed by atoms with E-state index in [1.165, 1.54) is 12.1 Å². The molecule has 0 saturated carbocycles. The van der Waals surface area contributed by atoms with Crippen LogP contribution in [0.3, 0.4) is 0 Å². The maximum Gasteiger partial charge on any atom is 0.228 e. The molecule has 0 amide bonds. The van der Waals surface area contributed by atoms with Gasteiger partial charge in [-0.05, 0) is 31.5 Å². The van der Waals surface area contributed by atoms with E-state index in [-0.39, 0.29) is 5.82 Å². The van der Waals surface area contributed by atoms with Crippen molar-refractivity contribution in [3.05, 3.63) is 46.5 Å². The van der Waals surface area contributed by atoms with Crippen molar-refractivity contribution in [2.45, 2.75) is 20.3 Å². The lowest BCUT2D eigenvalue weighted by Gasteiger charge is -2.09. The molecule has 5 heteroatoms. The Morgan fingerprint density at radius 2 is 2.11 bits per heavy atom. The van der Waals surface area contributed by atoms with Crippen molar-refractivity contribution < 1.29 is 4.39 Å². The van der Waals surface area contributed by atoms with Crippen LogP contribution in [-0.4, -0.2) is 9.97 Å². The van der Waals surface area contributed by atoms with Gasteiger partial charge in [0, 0.05) is 11.3 Å². The molecule has 2 rings (SSSR count). The van der Waals surface area contributed by atoms with Gasteiger partial charge < -0.3 is 5.32 Å². The minimum Gasteiger partial charge on any atom is -0.324 e. The summed E-state index contributed by atoms with van der Waals surface area (Å²) in [6.07, 6.45) is 0.770. The number of nitrogens with zero attached hydrogens (tertiary/aromatic N) is 2. The Labute approximate surface area is 110 Å². The molecule has 0 bridgehead atoms. The number of halogens is 2. The first-order chi connectivity index (χ1) is 8.60. The molecule has 2 aromatic rings. The van der Waals surface area contributed by atoms with Crippen molar-refractivity contribution in [3.63, 3.8) is 0 Å². The third kappa shape index (κ3) is 2.76. The molecule has 18 heavy (non-hydrogen) atoms. The quantitative estimate of drug-likeness (QED) is 0.856. The molecule has 0 unspecified atom stereocenters. The normalized spacial score (nSPS) is 10.4. The van der Waals surface area contributed by atoms with Crippen molar-refractivity contribution >= 4 is 23.2 Å². The molecule has 0 aliphatic heterocycles. The molecule has 3 nitrogen and oxygen atoms in total. The highest BCUT2D eigenvalue weighted by Gasteiger charge is 2.08. The fraction of sp³-hybridized carbons (Fsp3) is 0.231. The molecule has 1 aromatic carbocycles. The summed E-state index contributed by atoms with van der Waals surface area (Å²) in [5.74, 6) is 0.0713. The Kier molecular flexibility index (Phi) is 3.77. The number of nitrogens with one attached hydrogen (secondary N) is 1. The van der Waals surface area contributed by atoms with Gasteiger partial charge >= 0.3 is 0 Å². The van der Waals surface area contributed by atoms with E-state index in [9.17, 15) is 4.39 Å². The van der Waals surface area contributed by atoms with Crippen LogP contribution in [0.25, 0.3) is 0 Å². The summed E-state index contributed by atoms with van der Waals surface area (Å²) in [7, 11) is 0. The van der Waals surface area contributed by atoms with Crippen molar-refractivity contribution in [3.8, 4) is 0 Å². The van der Waals surface area contributed by atoms with Crippen molar-refractivity contribution in [2.24, 2.45) is 0 Å². The first-order valence-electron chi connectivity index (χ1n) is 5.65. The van der Waals surface area contributed by atoms with Crippen LogP contribution in [0.5, 0.6) is 0 Å². The first-order valence-corrected chi connectivity index (χ1v) is 6.03. The summed E-state index contributed by atoms with van der Waals surface area (Å²) in [5, 5.41) is 3.36. The molecule has 0 radical (unpaired) electrons. The highest BCUT2D eigenvalue weighted by atomic mass is 35.5. The second kappa shape index (κ2) is 5.31. The van der Waals surface area contributed by atoms with Crippen LogP contribution in [0.4, 0.5) is 16.0 Å². The summed E-state index contributed by atoms with van der Waals surface area (Å²) in [4.78, 5) is 8.47. The van der Waals surface area contributed by atoms with E-state index < -0.39 is 0 Å². The van der Waals surface area contributed by atoms with Gasteiger partial charge in [0.1, 0.15) is 11.0 Å². The summed E-state index contributed by atoms with van der Waals surface area (Å²) < 4.78 is 13.1. The second-order valence-electron chi connectivity index (χ2n) is 3.90. The van der Waals surface area contributed by atoms with E-state index in [1.54, 1.807) is 12.1 Å². The maximum absolute atomic E-state index is 13.1. The van der Waals surface area contributed by atoms with Crippen LogP contribution >= 0.6 is 11.6 Å². The van der Waals surface area contributed by atoms with E-state index in [1.807, 2.05) is 13.8 Å². The molecular formula is C13H13ClFN3. The van der Waals surface area contributed by atoms with Crippen LogP contribution in [0.1, 0.15) is 18.2 Å². The maximum atomic E-state index is 13.1. The van der Waals surface area contributed by atoms with E-state index in [4.69, 9.17) is 11.6 Å². The molecule has 0 fully saturated rings. The van der Waals surface area contributed by atoms with Gasteiger partial charge in [-0.2, -0.15) is 0 Å². The summed E-state index contributed by atoms with van der Waals surface area (Å²) in [6.45, 7) is 3.88. The molecular weight excluding hydrogens is 253 g/mol. The number of benzene rings is 1. The van der Waals surface area contributed by atoms with Gasteiger partial charge in [0.15, 0.2) is 0 Å². The highest BCUT2D eigenvalue weighted by Crippen LogP contribution is 2.20. The van der Waals surface area contributed by atoms with Gasteiger partial charge in [-0.1, -0.05) is 24.6 Å². The number of aromatic nitrogens is 2. The average Bonchev–Trinajstić information content (AvgIpc) is 2.33. The van der Waals surface area contributed by atoms with Crippen LogP contribution < -0.4 is 5.32 Å². The van der Waals surface area contributed by atoms with Gasteiger partial charge in [-0.3, -0.25) is 0 Å². The van der Waals surface area contributed by atoms with Crippen LogP contribution in [0.2, 0.25) is 5.15 Å². The van der Waals surface area contributed by atoms with E-state index in [0.717, 1.165) is 17.7 Å². The summed E-state index contributed by atoms with van der Waals surface area (Å²) in [6, 6.07) is 6.12. The Morgan fingerprint density at radius 1 is 1.33 bits per heavy atom. The first kappa shape index (κ1) is 12.8. The predicted molar refractivity (Wildman–Crippen MR) is 70.8 cm³/mol. The van der Waals surface area contributed by atoms with Gasteiger partial charge in [-0.25, -0.2) is 14.4 Å². The monoisotopic (exact) mass is 265 g/mol. The van der Waals surface area contributed by atoms with Gasteiger partial charge in [0.25, 0.3) is 0 Å². The summed E-state index contributed by atoms with van der Waals surface area (Å²) in [5.41, 5.74) is 2.36. The number of hydrogen-bond donors (Lipinski definition) is 1.